The second-order valence-electron chi connectivity index (χ2n) is 4.32. The first-order valence-electron chi connectivity index (χ1n) is 6.14. The van der Waals surface area contributed by atoms with Crippen molar-refractivity contribution in [2.75, 3.05) is 5.43 Å². The summed E-state index contributed by atoms with van der Waals surface area (Å²) in [7, 11) is 0. The number of nitrogens with zero attached hydrogens (tertiary/aromatic N) is 1. The van der Waals surface area contributed by atoms with Gasteiger partial charge in [-0.2, -0.15) is 18.3 Å². The Balaban J connectivity index is 2.11. The number of hydrogen-bond acceptors (Lipinski definition) is 4. The average Bonchev–Trinajstić information content (AvgIpc) is 2.47. The standard InChI is InChI=1S/C15H11F3N2O2/c16-15(17,18)12-3-1-2-4-13(12)20-19-9-10-5-7-11(8-6-10)14(21)22/h1-9,20H,(H,21,22)/p-1/b19-9-. The summed E-state index contributed by atoms with van der Waals surface area (Å²) in [6.07, 6.45) is -3.19. The molecule has 22 heavy (non-hydrogen) atoms. The van der Waals surface area contributed by atoms with Crippen molar-refractivity contribution in [3.8, 4) is 0 Å². The fraction of sp³-hybridized carbons (Fsp3) is 0.0667. The molecule has 0 heterocycles. The predicted molar refractivity (Wildman–Crippen MR) is 73.4 cm³/mol. The molecule has 0 bridgehead atoms. The minimum atomic E-state index is -4.48. The lowest BCUT2D eigenvalue weighted by Gasteiger charge is -2.11. The van der Waals surface area contributed by atoms with Crippen molar-refractivity contribution < 1.29 is 23.1 Å². The van der Waals surface area contributed by atoms with E-state index in [1.807, 2.05) is 0 Å². The van der Waals surface area contributed by atoms with Gasteiger partial charge in [-0.15, -0.1) is 0 Å². The molecule has 0 aromatic heterocycles. The number of carbonyl (C=O) groups is 1. The molecule has 0 aliphatic carbocycles. The van der Waals surface area contributed by atoms with Gasteiger partial charge in [0, 0.05) is 0 Å². The zero-order valence-corrected chi connectivity index (χ0v) is 11.1. The van der Waals surface area contributed by atoms with Gasteiger partial charge in [-0.1, -0.05) is 36.4 Å². The quantitative estimate of drug-likeness (QED) is 0.697. The van der Waals surface area contributed by atoms with Crippen molar-refractivity contribution in [1.29, 1.82) is 0 Å². The van der Waals surface area contributed by atoms with Gasteiger partial charge in [0.25, 0.3) is 0 Å². The monoisotopic (exact) mass is 307 g/mol. The molecule has 114 valence electrons. The summed E-state index contributed by atoms with van der Waals surface area (Å²) < 4.78 is 38.3. The van der Waals surface area contributed by atoms with Crippen LogP contribution in [0.15, 0.2) is 53.6 Å². The number of para-hydroxylation sites is 1. The van der Waals surface area contributed by atoms with Gasteiger partial charge in [0.15, 0.2) is 0 Å². The molecule has 0 saturated heterocycles. The van der Waals surface area contributed by atoms with Crippen LogP contribution in [0.2, 0.25) is 0 Å². The number of hydrogen-bond donors (Lipinski definition) is 1. The molecule has 0 radical (unpaired) electrons. The summed E-state index contributed by atoms with van der Waals surface area (Å²) in [5.74, 6) is -1.30. The number of anilines is 1. The van der Waals surface area contributed by atoms with Gasteiger partial charge in [0.2, 0.25) is 0 Å². The number of aromatic carboxylic acids is 1. The van der Waals surface area contributed by atoms with E-state index in [0.717, 1.165) is 6.07 Å². The minimum Gasteiger partial charge on any atom is -0.545 e. The van der Waals surface area contributed by atoms with Crippen molar-refractivity contribution in [2.24, 2.45) is 5.10 Å². The summed E-state index contributed by atoms with van der Waals surface area (Å²) in [4.78, 5) is 10.6. The highest BCUT2D eigenvalue weighted by Crippen LogP contribution is 2.34. The van der Waals surface area contributed by atoms with Crippen molar-refractivity contribution in [1.82, 2.24) is 0 Å². The Morgan fingerprint density at radius 1 is 1.09 bits per heavy atom. The van der Waals surface area contributed by atoms with Gasteiger partial charge in [-0.25, -0.2) is 0 Å². The highest BCUT2D eigenvalue weighted by Gasteiger charge is 2.33. The number of alkyl halides is 3. The molecule has 0 saturated carbocycles. The Labute approximate surface area is 123 Å². The van der Waals surface area contributed by atoms with Gasteiger partial charge >= 0.3 is 6.18 Å². The Kier molecular flexibility index (Phi) is 4.45. The molecule has 2 rings (SSSR count). The third-order valence-corrected chi connectivity index (χ3v) is 2.78. The van der Waals surface area contributed by atoms with E-state index in [1.54, 1.807) is 0 Å². The van der Waals surface area contributed by atoms with Crippen LogP contribution in [0.25, 0.3) is 0 Å². The van der Waals surface area contributed by atoms with E-state index in [0.29, 0.717) is 5.56 Å². The van der Waals surface area contributed by atoms with Crippen LogP contribution >= 0.6 is 0 Å². The summed E-state index contributed by atoms with van der Waals surface area (Å²) in [6.45, 7) is 0. The fourth-order valence-corrected chi connectivity index (χ4v) is 1.71. The lowest BCUT2D eigenvalue weighted by molar-refractivity contribution is -0.255. The van der Waals surface area contributed by atoms with Gasteiger partial charge in [-0.05, 0) is 23.3 Å². The molecular weight excluding hydrogens is 297 g/mol. The van der Waals surface area contributed by atoms with Gasteiger partial charge in [-0.3, -0.25) is 5.43 Å². The largest absolute Gasteiger partial charge is 0.545 e. The van der Waals surface area contributed by atoms with Crippen molar-refractivity contribution in [3.05, 3.63) is 65.2 Å². The van der Waals surface area contributed by atoms with E-state index in [2.05, 4.69) is 10.5 Å². The fourth-order valence-electron chi connectivity index (χ4n) is 1.71. The SMILES string of the molecule is O=C([O-])c1ccc(/C=N\Nc2ccccc2C(F)(F)F)cc1. The molecule has 0 fully saturated rings. The summed E-state index contributed by atoms with van der Waals surface area (Å²) in [5.41, 5.74) is 1.87. The van der Waals surface area contributed by atoms with Crippen LogP contribution in [0.3, 0.4) is 0 Å². The van der Waals surface area contributed by atoms with Gasteiger partial charge < -0.3 is 9.90 Å². The third kappa shape index (κ3) is 3.85. The number of rotatable bonds is 4. The average molecular weight is 307 g/mol. The van der Waals surface area contributed by atoms with Crippen LogP contribution in [-0.4, -0.2) is 12.2 Å². The van der Waals surface area contributed by atoms with Crippen LogP contribution in [0.5, 0.6) is 0 Å². The molecule has 0 unspecified atom stereocenters. The number of carboxylic acids is 1. The van der Waals surface area contributed by atoms with E-state index in [9.17, 15) is 23.1 Å². The Bertz CT molecular complexity index is 695. The maximum atomic E-state index is 12.8. The maximum Gasteiger partial charge on any atom is 0.418 e. The minimum absolute atomic E-state index is 0.00697. The third-order valence-electron chi connectivity index (χ3n) is 2.78. The first-order chi connectivity index (χ1) is 10.4. The van der Waals surface area contributed by atoms with E-state index < -0.39 is 17.7 Å². The second-order valence-corrected chi connectivity index (χ2v) is 4.32. The molecule has 0 aliphatic rings. The van der Waals surface area contributed by atoms with Crippen LogP contribution in [0.1, 0.15) is 21.5 Å². The van der Waals surface area contributed by atoms with E-state index in [1.165, 1.54) is 48.7 Å². The van der Waals surface area contributed by atoms with Crippen LogP contribution < -0.4 is 10.5 Å². The normalized spacial score (nSPS) is 11.6. The number of carbonyl (C=O) groups excluding carboxylic acids is 1. The summed E-state index contributed by atoms with van der Waals surface area (Å²) in [6, 6.07) is 10.5. The zero-order valence-electron chi connectivity index (χ0n) is 11.1. The molecule has 2 aromatic carbocycles. The number of nitrogens with one attached hydrogen (secondary N) is 1. The first-order valence-corrected chi connectivity index (χ1v) is 6.14. The van der Waals surface area contributed by atoms with Gasteiger partial charge in [0.05, 0.1) is 23.4 Å². The Hall–Kier alpha value is -2.83. The predicted octanol–water partition coefficient (Wildman–Crippen LogP) is 2.51. The Morgan fingerprint density at radius 2 is 1.73 bits per heavy atom. The summed E-state index contributed by atoms with van der Waals surface area (Å²) >= 11 is 0. The van der Waals surface area contributed by atoms with Crippen LogP contribution in [0, 0.1) is 0 Å². The number of halogens is 3. The lowest BCUT2D eigenvalue weighted by atomic mass is 10.1. The smallest absolute Gasteiger partial charge is 0.418 e. The highest BCUT2D eigenvalue weighted by atomic mass is 19.4. The van der Waals surface area contributed by atoms with Crippen LogP contribution in [0.4, 0.5) is 18.9 Å². The number of hydrazone groups is 1. The molecule has 7 heteroatoms. The van der Waals surface area contributed by atoms with E-state index >= 15 is 0 Å². The molecule has 0 spiro atoms. The molecule has 0 atom stereocenters. The first kappa shape index (κ1) is 15.6. The molecule has 2 aromatic rings. The molecule has 0 aliphatic heterocycles. The van der Waals surface area contributed by atoms with E-state index in [4.69, 9.17) is 0 Å². The lowest BCUT2D eigenvalue weighted by Crippen LogP contribution is -2.21. The number of carboxylic acid groups (broad SMARTS) is 1. The van der Waals surface area contributed by atoms with Crippen molar-refractivity contribution >= 4 is 17.9 Å². The molecular formula is C15H10F3N2O2-. The molecule has 1 N–H and O–H groups in total. The Morgan fingerprint density at radius 3 is 2.32 bits per heavy atom. The van der Waals surface area contributed by atoms with Gasteiger partial charge in [0.1, 0.15) is 0 Å². The van der Waals surface area contributed by atoms with Crippen molar-refractivity contribution in [3.63, 3.8) is 0 Å². The highest BCUT2D eigenvalue weighted by molar-refractivity contribution is 5.88. The summed E-state index contributed by atoms with van der Waals surface area (Å²) in [5, 5.41) is 14.3. The topological polar surface area (TPSA) is 64.5 Å². The van der Waals surface area contributed by atoms with E-state index in [-0.39, 0.29) is 11.3 Å². The van der Waals surface area contributed by atoms with Crippen molar-refractivity contribution in [2.45, 2.75) is 6.18 Å². The molecule has 0 amide bonds. The molecule has 4 nitrogen and oxygen atoms in total. The maximum absolute atomic E-state index is 12.8. The van der Waals surface area contributed by atoms with Crippen LogP contribution in [-0.2, 0) is 6.18 Å². The zero-order chi connectivity index (χ0) is 16.2. The number of benzene rings is 2. The second kappa shape index (κ2) is 6.30.